The lowest BCUT2D eigenvalue weighted by Crippen LogP contribution is -2.56. The molecule has 1 atom stereocenters. The Morgan fingerprint density at radius 1 is 1.24 bits per heavy atom. The second-order valence-electron chi connectivity index (χ2n) is 4.55. The zero-order valence-electron chi connectivity index (χ0n) is 10.5. The van der Waals surface area contributed by atoms with Crippen LogP contribution in [0, 0.1) is 0 Å². The van der Waals surface area contributed by atoms with Crippen LogP contribution in [-0.4, -0.2) is 36.3 Å². The minimum absolute atomic E-state index is 0.0931. The number of benzene rings is 1. The summed E-state index contributed by atoms with van der Waals surface area (Å²) in [5, 5.41) is 9.16. The number of hydrogen-bond donors (Lipinski definition) is 1. The van der Waals surface area contributed by atoms with E-state index in [1.165, 1.54) is 6.07 Å². The van der Waals surface area contributed by atoms with Crippen LogP contribution in [0.5, 0.6) is 0 Å². The Labute approximate surface area is 118 Å². The molecule has 1 amide bonds. The van der Waals surface area contributed by atoms with Crippen molar-refractivity contribution in [3.63, 3.8) is 0 Å². The van der Waals surface area contributed by atoms with Gasteiger partial charge < -0.3 is 5.11 Å². The average Bonchev–Trinajstić information content (AvgIpc) is 2.36. The van der Waals surface area contributed by atoms with Crippen LogP contribution in [-0.2, 0) is 27.4 Å². The van der Waals surface area contributed by atoms with Gasteiger partial charge in [-0.1, -0.05) is 33.2 Å². The molecule has 0 bridgehead atoms. The fourth-order valence-corrected chi connectivity index (χ4v) is 2.75. The molecular weight excluding hydrogens is 315 g/mol. The van der Waals surface area contributed by atoms with Crippen molar-refractivity contribution >= 4 is 16.2 Å². The Balaban J connectivity index is 2.40. The number of nitrogens with zero attached hydrogens (tertiary/aromatic N) is 1. The summed E-state index contributed by atoms with van der Waals surface area (Å²) in [7, 11) is -6.01. The summed E-state index contributed by atoms with van der Waals surface area (Å²) in [5.41, 5.74) is -4.49. The van der Waals surface area contributed by atoms with Crippen molar-refractivity contribution in [3.8, 4) is 0 Å². The topological polar surface area (TPSA) is 80.7 Å². The molecule has 21 heavy (non-hydrogen) atoms. The molecule has 0 spiro atoms. The third kappa shape index (κ3) is 2.87. The molecule has 6 nitrogen and oxygen atoms in total. The van der Waals surface area contributed by atoms with E-state index in [1.807, 2.05) is 0 Å². The monoisotopic (exact) mass is 326 g/mol. The molecule has 1 aromatic rings. The summed E-state index contributed by atoms with van der Waals surface area (Å²) in [6, 6.07) is 6.50. The lowest BCUT2D eigenvalue weighted by atomic mass is 10.00. The molecule has 1 heterocycles. The quantitative estimate of drug-likeness (QED) is 0.664. The van der Waals surface area contributed by atoms with Crippen LogP contribution in [0.25, 0.3) is 0 Å². The Morgan fingerprint density at radius 3 is 2.33 bits per heavy atom. The molecule has 1 aliphatic heterocycles. The van der Waals surface area contributed by atoms with Crippen molar-refractivity contribution in [1.29, 1.82) is 0 Å². The molecule has 116 valence electrons. The smallest absolute Gasteiger partial charge is 0.433 e. The van der Waals surface area contributed by atoms with Crippen molar-refractivity contribution in [2.75, 3.05) is 6.54 Å². The molecule has 1 aromatic carbocycles. The summed E-state index contributed by atoms with van der Waals surface area (Å²) in [5.74, 6) is 0. The Hall–Kier alpha value is -1.65. The van der Waals surface area contributed by atoms with Crippen molar-refractivity contribution in [2.45, 2.75) is 18.5 Å². The van der Waals surface area contributed by atoms with E-state index in [0.717, 1.165) is 5.56 Å². The predicted octanol–water partition coefficient (Wildman–Crippen LogP) is 2.02. The van der Waals surface area contributed by atoms with Crippen LogP contribution in [0.2, 0.25) is 0 Å². The lowest BCUT2D eigenvalue weighted by Gasteiger charge is -2.32. The van der Waals surface area contributed by atoms with Gasteiger partial charge in [0.2, 0.25) is 0 Å². The SMILES string of the molecule is O=C(O)[N+]1(OS(=O)(=O)C(F)(F)F)CCc2ccccc2C1. The maximum atomic E-state index is 12.4. The van der Waals surface area contributed by atoms with Gasteiger partial charge in [-0.2, -0.15) is 26.4 Å². The molecule has 10 heteroatoms. The molecule has 1 unspecified atom stereocenters. The number of carboxylic acid groups (broad SMARTS) is 1. The highest BCUT2D eigenvalue weighted by Crippen LogP contribution is 2.32. The van der Waals surface area contributed by atoms with E-state index in [1.54, 1.807) is 18.2 Å². The zero-order valence-corrected chi connectivity index (χ0v) is 11.3. The number of carbonyl (C=O) groups is 1. The number of hydrogen-bond acceptors (Lipinski definition) is 4. The second kappa shape index (κ2) is 4.97. The zero-order chi connectivity index (χ0) is 15.9. The van der Waals surface area contributed by atoms with Gasteiger partial charge in [0, 0.05) is 12.0 Å². The van der Waals surface area contributed by atoms with Gasteiger partial charge in [-0.15, -0.1) is 0 Å². The van der Waals surface area contributed by atoms with Crippen LogP contribution >= 0.6 is 0 Å². The molecule has 1 N–H and O–H groups in total. The molecule has 0 saturated carbocycles. The number of rotatable bonds is 2. The summed E-state index contributed by atoms with van der Waals surface area (Å²) < 4.78 is 61.8. The maximum Gasteiger partial charge on any atom is 0.548 e. The van der Waals surface area contributed by atoms with E-state index in [9.17, 15) is 26.4 Å². The maximum absolute atomic E-state index is 12.4. The van der Waals surface area contributed by atoms with E-state index in [4.69, 9.17) is 5.11 Å². The van der Waals surface area contributed by atoms with Gasteiger partial charge in [0.1, 0.15) is 13.1 Å². The highest BCUT2D eigenvalue weighted by atomic mass is 32.2. The first-order valence-corrected chi connectivity index (χ1v) is 7.18. The first-order valence-electron chi connectivity index (χ1n) is 5.77. The van der Waals surface area contributed by atoms with E-state index >= 15 is 0 Å². The fourth-order valence-electron chi connectivity index (χ4n) is 2.10. The summed E-state index contributed by atoms with van der Waals surface area (Å²) >= 11 is 0. The molecule has 1 aliphatic rings. The molecule has 2 rings (SSSR count). The minimum Gasteiger partial charge on any atom is -0.433 e. The lowest BCUT2D eigenvalue weighted by molar-refractivity contribution is -1.03. The summed E-state index contributed by atoms with van der Waals surface area (Å²) in [6.45, 7) is -0.914. The molecule has 0 aromatic heterocycles. The number of quaternary nitrogens is 1. The number of halogens is 3. The van der Waals surface area contributed by atoms with Gasteiger partial charge in [0.05, 0.1) is 0 Å². The van der Waals surface area contributed by atoms with Gasteiger partial charge in [-0.05, 0) is 5.56 Å². The minimum atomic E-state index is -6.01. The molecule has 0 aliphatic carbocycles. The highest BCUT2D eigenvalue weighted by molar-refractivity contribution is 7.87. The molecular formula is C11H11F3NO5S+. The van der Waals surface area contributed by atoms with Gasteiger partial charge in [-0.3, -0.25) is 0 Å². The third-order valence-corrected chi connectivity index (χ3v) is 4.21. The van der Waals surface area contributed by atoms with E-state index < -0.39 is 39.5 Å². The number of amides is 1. The third-order valence-electron chi connectivity index (χ3n) is 3.16. The first-order chi connectivity index (χ1) is 9.57. The van der Waals surface area contributed by atoms with Crippen molar-refractivity contribution < 1.29 is 40.4 Å². The van der Waals surface area contributed by atoms with E-state index in [2.05, 4.69) is 4.28 Å². The number of fused-ring (bicyclic) bond motifs is 1. The van der Waals surface area contributed by atoms with Crippen molar-refractivity contribution in [3.05, 3.63) is 35.4 Å². The van der Waals surface area contributed by atoms with Crippen LogP contribution in [0.4, 0.5) is 18.0 Å². The summed E-state index contributed by atoms with van der Waals surface area (Å²) in [6.07, 6.45) is -1.70. The normalized spacial score (nSPS) is 22.6. The molecule has 0 saturated heterocycles. The van der Waals surface area contributed by atoms with Crippen molar-refractivity contribution in [2.24, 2.45) is 0 Å². The van der Waals surface area contributed by atoms with E-state index in [0.29, 0.717) is 5.56 Å². The first kappa shape index (κ1) is 15.7. The molecule has 0 radical (unpaired) electrons. The Morgan fingerprint density at radius 2 is 1.81 bits per heavy atom. The average molecular weight is 326 g/mol. The standard InChI is InChI=1S/C11H10F3NO5S/c12-11(13,14)21(18,19)20-15(10(16)17)6-5-8-3-1-2-4-9(8)7-15/h1-4H,5-7H2/p+1. The van der Waals surface area contributed by atoms with Gasteiger partial charge in [0.15, 0.2) is 0 Å². The highest BCUT2D eigenvalue weighted by Gasteiger charge is 2.57. The van der Waals surface area contributed by atoms with Gasteiger partial charge in [0.25, 0.3) is 0 Å². The largest absolute Gasteiger partial charge is 0.548 e. The Bertz CT molecular complexity index is 673. The van der Waals surface area contributed by atoms with Crippen molar-refractivity contribution in [1.82, 2.24) is 0 Å². The van der Waals surface area contributed by atoms with E-state index in [-0.39, 0.29) is 6.42 Å². The van der Waals surface area contributed by atoms with Gasteiger partial charge in [-0.25, -0.2) is 0 Å². The second-order valence-corrected chi connectivity index (χ2v) is 6.07. The fraction of sp³-hybridized carbons (Fsp3) is 0.364. The van der Waals surface area contributed by atoms with Crippen LogP contribution in [0.3, 0.4) is 0 Å². The van der Waals surface area contributed by atoms with Crippen LogP contribution in [0.1, 0.15) is 11.1 Å². The van der Waals surface area contributed by atoms with Crippen LogP contribution in [0.15, 0.2) is 24.3 Å². The molecule has 0 fully saturated rings. The number of alkyl halides is 3. The Kier molecular flexibility index (Phi) is 3.72. The van der Waals surface area contributed by atoms with Crippen LogP contribution < -0.4 is 0 Å². The predicted molar refractivity (Wildman–Crippen MR) is 63.1 cm³/mol. The van der Waals surface area contributed by atoms with Gasteiger partial charge >= 0.3 is 21.7 Å². The summed E-state index contributed by atoms with van der Waals surface area (Å²) in [4.78, 5) is 11.3. The number of hydroxylamine groups is 3.